The summed E-state index contributed by atoms with van der Waals surface area (Å²) in [5.74, 6) is 0.432. The van der Waals surface area contributed by atoms with Crippen molar-refractivity contribution in [3.8, 4) is 17.4 Å². The maximum Gasteiger partial charge on any atom is 0.415 e. The summed E-state index contributed by atoms with van der Waals surface area (Å²) in [5, 5.41) is 15.7. The lowest BCUT2D eigenvalue weighted by molar-refractivity contribution is -0.832. The molecule has 5 heterocycles. The topological polar surface area (TPSA) is 190 Å². The molecular weight excluding hydrogens is 686 g/mol. The highest BCUT2D eigenvalue weighted by Gasteiger charge is 2.52. The van der Waals surface area contributed by atoms with Gasteiger partial charge in [0.05, 0.1) is 43.0 Å². The summed E-state index contributed by atoms with van der Waals surface area (Å²) in [6.07, 6.45) is 0.376. The zero-order valence-corrected chi connectivity index (χ0v) is 27.7. The number of carbonyl (C=O) groups is 2. The van der Waals surface area contributed by atoms with Crippen LogP contribution in [-0.2, 0) is 30.5 Å². The first-order chi connectivity index (χ1) is 24.8. The van der Waals surface area contributed by atoms with Gasteiger partial charge in [0.25, 0.3) is 15.7 Å². The molecule has 0 bridgehead atoms. The van der Waals surface area contributed by atoms with Gasteiger partial charge >= 0.3 is 16.9 Å². The maximum absolute atomic E-state index is 13.9. The minimum Gasteiger partial charge on any atom is -0.454 e. The van der Waals surface area contributed by atoms with Crippen LogP contribution >= 0.6 is 0 Å². The molecule has 0 spiro atoms. The van der Waals surface area contributed by atoms with E-state index >= 15 is 0 Å². The molecular formula is C34H31N5O11S. The van der Waals surface area contributed by atoms with E-state index in [0.29, 0.717) is 17.9 Å². The Labute approximate surface area is 290 Å². The molecule has 264 valence electrons. The van der Waals surface area contributed by atoms with Gasteiger partial charge in [-0.05, 0) is 46.4 Å². The number of H-pyrrole nitrogens is 1. The van der Waals surface area contributed by atoms with Crippen LogP contribution in [0.4, 0.5) is 4.79 Å². The van der Waals surface area contributed by atoms with Crippen molar-refractivity contribution in [2.24, 2.45) is 0 Å². The molecule has 3 aromatic carbocycles. The van der Waals surface area contributed by atoms with Crippen LogP contribution in [0.25, 0.3) is 10.9 Å². The van der Waals surface area contributed by atoms with Crippen LogP contribution in [0, 0.1) is 5.21 Å². The van der Waals surface area contributed by atoms with Crippen LogP contribution in [0.15, 0.2) is 87.3 Å². The summed E-state index contributed by atoms with van der Waals surface area (Å²) < 4.78 is 57.9. The number of ether oxygens (including phenoxy) is 5. The number of urea groups is 1. The van der Waals surface area contributed by atoms with Crippen LogP contribution in [0.3, 0.4) is 0 Å². The van der Waals surface area contributed by atoms with Crippen LogP contribution < -0.4 is 19.1 Å². The van der Waals surface area contributed by atoms with Crippen molar-refractivity contribution in [3.05, 3.63) is 94.8 Å². The molecule has 1 N–H and O–H groups in total. The third-order valence-electron chi connectivity index (χ3n) is 9.00. The van der Waals surface area contributed by atoms with Crippen LogP contribution in [0.5, 0.6) is 17.4 Å². The van der Waals surface area contributed by atoms with E-state index in [9.17, 15) is 23.2 Å². The molecule has 0 unspecified atom stereocenters. The van der Waals surface area contributed by atoms with Crippen LogP contribution in [0.2, 0.25) is 0 Å². The van der Waals surface area contributed by atoms with Gasteiger partial charge in [-0.15, -0.1) is 0 Å². The summed E-state index contributed by atoms with van der Waals surface area (Å²) in [5.41, 5.74) is 3.58. The molecule has 3 amide bonds. The fourth-order valence-electron chi connectivity index (χ4n) is 6.68. The van der Waals surface area contributed by atoms with E-state index in [-0.39, 0.29) is 62.1 Å². The lowest BCUT2D eigenvalue weighted by Crippen LogP contribution is -2.44. The van der Waals surface area contributed by atoms with E-state index < -0.39 is 38.9 Å². The number of benzene rings is 3. The molecule has 16 nitrogen and oxygen atoms in total. The Morgan fingerprint density at radius 2 is 1.67 bits per heavy atom. The maximum atomic E-state index is 13.9. The van der Waals surface area contributed by atoms with Crippen molar-refractivity contribution < 1.29 is 51.2 Å². The van der Waals surface area contributed by atoms with Crippen molar-refractivity contribution in [1.82, 2.24) is 19.9 Å². The number of hydrogen-bond acceptors (Lipinski definition) is 12. The first kappa shape index (κ1) is 32.5. The summed E-state index contributed by atoms with van der Waals surface area (Å²) in [7, 11) is -4.23. The Balaban J connectivity index is 0.857. The lowest BCUT2D eigenvalue weighted by Gasteiger charge is -2.36. The number of aromatic amines is 1. The number of nitrogens with one attached hydrogen (secondary N) is 1. The largest absolute Gasteiger partial charge is 0.454 e. The standard InChI is InChI=1S/C34H31N5O11S/c40-32-26-19-24-23-8-4-5-9-25(23)35-29(24)30(21-10-11-27-28(18-21)49-20-48-27)38(26)34(41)37(32)12-13-45-14-15-46-16-17-47-31-33(39(42)50-36-31)51(43,44)22-6-2-1-3-7-22/h1-11,18,26,30,35H,12-17,19-20H2/t26-,30+/m0/s1. The van der Waals surface area contributed by atoms with Gasteiger partial charge in [0.2, 0.25) is 6.79 Å². The molecule has 2 atom stereocenters. The van der Waals surface area contributed by atoms with Crippen LogP contribution in [0.1, 0.15) is 22.9 Å². The van der Waals surface area contributed by atoms with Gasteiger partial charge in [-0.25, -0.2) is 13.2 Å². The predicted molar refractivity (Wildman–Crippen MR) is 174 cm³/mol. The molecule has 1 saturated heterocycles. The molecule has 1 fully saturated rings. The van der Waals surface area contributed by atoms with Crippen LogP contribution in [-0.4, -0.2) is 92.7 Å². The number of nitrogens with zero attached hydrogens (tertiary/aromatic N) is 4. The third-order valence-corrected chi connectivity index (χ3v) is 10.7. The second-order valence-electron chi connectivity index (χ2n) is 11.9. The molecule has 5 aromatic rings. The molecule has 0 saturated carbocycles. The highest BCUT2D eigenvalue weighted by Crippen LogP contribution is 2.46. The van der Waals surface area contributed by atoms with Crippen molar-refractivity contribution in [1.29, 1.82) is 0 Å². The highest BCUT2D eigenvalue weighted by atomic mass is 32.2. The SMILES string of the molecule is O=C1[C@@H]2Cc3c([nH]c4ccccc34)[C@@H](c3ccc4c(c3)OCO4)N2C(=O)N1CCOCCOCCOc1no[n+]([O-])c1S(=O)(=O)c1ccccc1. The van der Waals surface area contributed by atoms with Gasteiger partial charge in [-0.3, -0.25) is 19.2 Å². The molecule has 17 heteroatoms. The van der Waals surface area contributed by atoms with Gasteiger partial charge in [0, 0.05) is 23.0 Å². The number of hydrogen-bond donors (Lipinski definition) is 1. The summed E-state index contributed by atoms with van der Waals surface area (Å²) >= 11 is 0. The average molecular weight is 718 g/mol. The smallest absolute Gasteiger partial charge is 0.415 e. The quantitative estimate of drug-likeness (QED) is 0.107. The predicted octanol–water partition coefficient (Wildman–Crippen LogP) is 2.74. The molecule has 8 rings (SSSR count). The lowest BCUT2D eigenvalue weighted by atomic mass is 9.88. The first-order valence-electron chi connectivity index (χ1n) is 16.1. The van der Waals surface area contributed by atoms with E-state index in [0.717, 1.165) is 27.7 Å². The number of aromatic nitrogens is 3. The fourth-order valence-corrected chi connectivity index (χ4v) is 7.98. The Hall–Kier alpha value is -5.65. The molecule has 51 heavy (non-hydrogen) atoms. The second-order valence-corrected chi connectivity index (χ2v) is 13.8. The Kier molecular flexibility index (Phi) is 8.45. The fraction of sp³-hybridized carbons (Fsp3) is 0.294. The highest BCUT2D eigenvalue weighted by molar-refractivity contribution is 7.91. The summed E-state index contributed by atoms with van der Waals surface area (Å²) in [6.45, 7) is 0.447. The van der Waals surface area contributed by atoms with Gasteiger partial charge in [-0.1, -0.05) is 42.5 Å². The minimum atomic E-state index is -4.23. The number of carbonyl (C=O) groups excluding carboxylic acids is 2. The van der Waals surface area contributed by atoms with E-state index in [4.69, 9.17) is 23.7 Å². The van der Waals surface area contributed by atoms with Crippen molar-refractivity contribution in [2.45, 2.75) is 28.4 Å². The number of fused-ring (bicyclic) bond motifs is 5. The monoisotopic (exact) mass is 717 g/mol. The summed E-state index contributed by atoms with van der Waals surface area (Å²) in [6, 6.07) is 19.2. The zero-order valence-electron chi connectivity index (χ0n) is 26.9. The Bertz CT molecular complexity index is 2220. The Morgan fingerprint density at radius 1 is 0.922 bits per heavy atom. The number of imide groups is 1. The van der Waals surface area contributed by atoms with Gasteiger partial charge < -0.3 is 33.9 Å². The molecule has 3 aliphatic rings. The molecule has 0 aliphatic carbocycles. The minimum absolute atomic E-state index is 0.0235. The van der Waals surface area contributed by atoms with E-state index in [1.807, 2.05) is 42.5 Å². The Morgan fingerprint density at radius 3 is 2.51 bits per heavy atom. The van der Waals surface area contributed by atoms with Gasteiger partial charge in [0.1, 0.15) is 18.7 Å². The van der Waals surface area contributed by atoms with Crippen molar-refractivity contribution in [2.75, 3.05) is 46.4 Å². The van der Waals surface area contributed by atoms with Gasteiger partial charge in [-0.2, -0.15) is 0 Å². The van der Waals surface area contributed by atoms with E-state index in [1.54, 1.807) is 11.0 Å². The number of rotatable bonds is 13. The van der Waals surface area contributed by atoms with Gasteiger partial charge in [0.15, 0.2) is 11.5 Å². The summed E-state index contributed by atoms with van der Waals surface area (Å²) in [4.78, 5) is 33.7. The molecule has 2 aromatic heterocycles. The van der Waals surface area contributed by atoms with Crippen molar-refractivity contribution in [3.63, 3.8) is 0 Å². The average Bonchev–Trinajstić information content (AvgIpc) is 3.91. The number of para-hydroxylation sites is 1. The zero-order chi connectivity index (χ0) is 35.1. The molecule has 3 aliphatic heterocycles. The molecule has 0 radical (unpaired) electrons. The number of amides is 3. The van der Waals surface area contributed by atoms with E-state index in [2.05, 4.69) is 14.8 Å². The van der Waals surface area contributed by atoms with Crippen molar-refractivity contribution >= 4 is 32.7 Å². The second kappa shape index (κ2) is 13.2. The number of sulfone groups is 1. The normalized spacial score (nSPS) is 18.0. The third kappa shape index (κ3) is 5.78. The first-order valence-corrected chi connectivity index (χ1v) is 17.6. The van der Waals surface area contributed by atoms with E-state index in [1.165, 1.54) is 29.2 Å².